The van der Waals surface area contributed by atoms with Crippen LogP contribution in [0.15, 0.2) is 48.6 Å². The lowest BCUT2D eigenvalue weighted by Gasteiger charge is -2.03. The predicted molar refractivity (Wildman–Crippen MR) is 115 cm³/mol. The van der Waals surface area contributed by atoms with Crippen LogP contribution in [0.1, 0.15) is 109 Å². The molecule has 1 aliphatic carbocycles. The largest absolute Gasteiger partial charge is 0.0845 e. The summed E-state index contributed by atoms with van der Waals surface area (Å²) in [6, 6.07) is 0. The first-order chi connectivity index (χ1) is 12.5. The number of hydrogen-bond acceptors (Lipinski definition) is 0. The molecule has 0 bridgehead atoms. The fraction of sp³-hybridized carbons (Fsp3) is 0.680. The van der Waals surface area contributed by atoms with Crippen LogP contribution in [-0.4, -0.2) is 0 Å². The maximum atomic E-state index is 2.31. The molecule has 142 valence electrons. The highest BCUT2D eigenvalue weighted by molar-refractivity contribution is 5.15. The second-order valence-electron chi connectivity index (χ2n) is 7.51. The fourth-order valence-corrected chi connectivity index (χ4v) is 3.43. The number of allylic oxidation sites excluding steroid dienone is 8. The van der Waals surface area contributed by atoms with E-state index in [9.17, 15) is 0 Å². The maximum Gasteiger partial charge on any atom is -0.0348 e. The Morgan fingerprint density at radius 3 is 0.800 bits per heavy atom. The van der Waals surface area contributed by atoms with Crippen molar-refractivity contribution < 1.29 is 0 Å². The molecule has 0 aliphatic heterocycles. The van der Waals surface area contributed by atoms with Gasteiger partial charge in [-0.3, -0.25) is 0 Å². The molecule has 0 aromatic carbocycles. The van der Waals surface area contributed by atoms with E-state index in [4.69, 9.17) is 0 Å². The van der Waals surface area contributed by atoms with Crippen LogP contribution in [0.25, 0.3) is 0 Å². The lowest BCUT2D eigenvalue weighted by Crippen LogP contribution is -1.83. The van der Waals surface area contributed by atoms with Crippen molar-refractivity contribution in [2.75, 3.05) is 0 Å². The molecule has 0 fully saturated rings. The van der Waals surface area contributed by atoms with Gasteiger partial charge in [0.05, 0.1) is 0 Å². The first kappa shape index (κ1) is 22.0. The van der Waals surface area contributed by atoms with E-state index >= 15 is 0 Å². The van der Waals surface area contributed by atoms with Crippen molar-refractivity contribution in [2.45, 2.75) is 109 Å². The minimum absolute atomic E-state index is 1.23. The third-order valence-corrected chi connectivity index (χ3v) is 5.07. The van der Waals surface area contributed by atoms with Crippen LogP contribution in [0, 0.1) is 0 Å². The normalized spacial score (nSPS) is 25.3. The van der Waals surface area contributed by atoms with Crippen molar-refractivity contribution in [1.82, 2.24) is 0 Å². The molecule has 0 nitrogen and oxygen atoms in total. The van der Waals surface area contributed by atoms with Gasteiger partial charge in [0.2, 0.25) is 0 Å². The van der Waals surface area contributed by atoms with Gasteiger partial charge in [-0.1, -0.05) is 132 Å². The summed E-state index contributed by atoms with van der Waals surface area (Å²) in [5.41, 5.74) is 0. The van der Waals surface area contributed by atoms with Crippen molar-refractivity contribution in [2.24, 2.45) is 0 Å². The van der Waals surface area contributed by atoms with E-state index in [1.54, 1.807) is 0 Å². The SMILES string of the molecule is C1=CCCCCCCCCCCCCCCCCC\C=C/C=C\C=C\1. The highest BCUT2D eigenvalue weighted by atomic mass is 14.0. The third-order valence-electron chi connectivity index (χ3n) is 5.07. The summed E-state index contributed by atoms with van der Waals surface area (Å²) < 4.78 is 0. The molecule has 1 rings (SSSR count). The van der Waals surface area contributed by atoms with Crippen molar-refractivity contribution >= 4 is 0 Å². The summed E-state index contributed by atoms with van der Waals surface area (Å²) in [5, 5.41) is 0. The van der Waals surface area contributed by atoms with Crippen molar-refractivity contribution in [1.29, 1.82) is 0 Å². The van der Waals surface area contributed by atoms with Gasteiger partial charge < -0.3 is 0 Å². The van der Waals surface area contributed by atoms with E-state index in [2.05, 4.69) is 48.6 Å². The summed E-state index contributed by atoms with van der Waals surface area (Å²) >= 11 is 0. The van der Waals surface area contributed by atoms with Gasteiger partial charge in [-0.05, 0) is 25.7 Å². The zero-order chi connectivity index (χ0) is 17.7. The molecule has 0 N–H and O–H groups in total. The van der Waals surface area contributed by atoms with Gasteiger partial charge >= 0.3 is 0 Å². The lowest BCUT2D eigenvalue weighted by atomic mass is 10.0. The van der Waals surface area contributed by atoms with Gasteiger partial charge in [0.25, 0.3) is 0 Å². The van der Waals surface area contributed by atoms with E-state index in [0.717, 1.165) is 0 Å². The Bertz CT molecular complexity index is 333. The second-order valence-corrected chi connectivity index (χ2v) is 7.51. The fourth-order valence-electron chi connectivity index (χ4n) is 3.43. The highest BCUT2D eigenvalue weighted by Gasteiger charge is 1.94. The van der Waals surface area contributed by atoms with E-state index in [0.29, 0.717) is 0 Å². The quantitative estimate of drug-likeness (QED) is 0.412. The van der Waals surface area contributed by atoms with Gasteiger partial charge in [-0.25, -0.2) is 0 Å². The topological polar surface area (TPSA) is 0 Å². The van der Waals surface area contributed by atoms with Crippen LogP contribution in [0.5, 0.6) is 0 Å². The molecule has 1 aliphatic rings. The summed E-state index contributed by atoms with van der Waals surface area (Å²) in [4.78, 5) is 0. The minimum Gasteiger partial charge on any atom is -0.0845 e. The number of hydrogen-bond donors (Lipinski definition) is 0. The predicted octanol–water partition coefficient (Wildman–Crippen LogP) is 8.86. The first-order valence-corrected chi connectivity index (χ1v) is 11.1. The molecular weight excluding hydrogens is 300 g/mol. The molecule has 0 atom stereocenters. The highest BCUT2D eigenvalue weighted by Crippen LogP contribution is 2.14. The molecular formula is C25H42. The summed E-state index contributed by atoms with van der Waals surface area (Å²) in [6.45, 7) is 0. The van der Waals surface area contributed by atoms with Gasteiger partial charge in [-0.15, -0.1) is 0 Å². The van der Waals surface area contributed by atoms with Crippen LogP contribution in [0.3, 0.4) is 0 Å². The van der Waals surface area contributed by atoms with E-state index in [-0.39, 0.29) is 0 Å². The molecule has 0 saturated heterocycles. The molecule has 25 heavy (non-hydrogen) atoms. The van der Waals surface area contributed by atoms with Gasteiger partial charge in [0, 0.05) is 0 Å². The van der Waals surface area contributed by atoms with Crippen molar-refractivity contribution in [3.63, 3.8) is 0 Å². The zero-order valence-electron chi connectivity index (χ0n) is 16.6. The molecule has 0 unspecified atom stereocenters. The zero-order valence-corrected chi connectivity index (χ0v) is 16.6. The number of rotatable bonds is 0. The van der Waals surface area contributed by atoms with Crippen LogP contribution in [0.2, 0.25) is 0 Å². The molecule has 0 amide bonds. The Morgan fingerprint density at radius 1 is 0.240 bits per heavy atom. The summed E-state index contributed by atoms with van der Waals surface area (Å²) in [7, 11) is 0. The average Bonchev–Trinajstić information content (AvgIpc) is 2.62. The molecule has 0 heterocycles. The maximum absolute atomic E-state index is 2.31. The Labute approximate surface area is 158 Å². The Balaban J connectivity index is 2.19. The second kappa shape index (κ2) is 19.3. The lowest BCUT2D eigenvalue weighted by molar-refractivity contribution is 0.531. The standard InChI is InChI=1S/C25H42/c1-2-4-6-8-10-12-14-16-18-20-22-24-25-23-21-19-17-15-13-11-9-7-5-3-1/h1-8H,9-25H2/b3-1-,4-2+,7-5-,8-6?. The molecule has 0 aromatic rings. The third kappa shape index (κ3) is 17.6. The average molecular weight is 343 g/mol. The first-order valence-electron chi connectivity index (χ1n) is 11.1. The van der Waals surface area contributed by atoms with Crippen LogP contribution in [-0.2, 0) is 0 Å². The summed E-state index contributed by atoms with van der Waals surface area (Å²) in [5.74, 6) is 0. The Hall–Kier alpha value is -1.04. The molecule has 0 aromatic heterocycles. The van der Waals surface area contributed by atoms with E-state index < -0.39 is 0 Å². The van der Waals surface area contributed by atoms with Crippen LogP contribution >= 0.6 is 0 Å². The van der Waals surface area contributed by atoms with Crippen LogP contribution < -0.4 is 0 Å². The Kier molecular flexibility index (Phi) is 17.0. The van der Waals surface area contributed by atoms with E-state index in [1.807, 2.05) is 0 Å². The molecule has 0 heteroatoms. The summed E-state index contributed by atoms with van der Waals surface area (Å²) in [6.07, 6.45) is 41.5. The monoisotopic (exact) mass is 342 g/mol. The minimum atomic E-state index is 1.23. The van der Waals surface area contributed by atoms with Gasteiger partial charge in [-0.2, -0.15) is 0 Å². The van der Waals surface area contributed by atoms with Gasteiger partial charge in [0.1, 0.15) is 0 Å². The smallest absolute Gasteiger partial charge is 0.0348 e. The van der Waals surface area contributed by atoms with Gasteiger partial charge in [0.15, 0.2) is 0 Å². The van der Waals surface area contributed by atoms with Crippen LogP contribution in [0.4, 0.5) is 0 Å². The van der Waals surface area contributed by atoms with Crippen molar-refractivity contribution in [3.8, 4) is 0 Å². The molecule has 0 spiro atoms. The molecule has 0 saturated carbocycles. The Morgan fingerprint density at radius 2 is 0.480 bits per heavy atom. The molecule has 0 radical (unpaired) electrons. The van der Waals surface area contributed by atoms with E-state index in [1.165, 1.54) is 109 Å². The van der Waals surface area contributed by atoms with Crippen molar-refractivity contribution in [3.05, 3.63) is 48.6 Å².